The van der Waals surface area contributed by atoms with E-state index in [1.807, 2.05) is 25.1 Å². The van der Waals surface area contributed by atoms with E-state index in [0.717, 1.165) is 17.3 Å². The fourth-order valence-corrected chi connectivity index (χ4v) is 3.65. The van der Waals surface area contributed by atoms with E-state index in [4.69, 9.17) is 35.1 Å². The third-order valence-corrected chi connectivity index (χ3v) is 5.75. The van der Waals surface area contributed by atoms with Gasteiger partial charge in [-0.05, 0) is 24.6 Å². The van der Waals surface area contributed by atoms with Crippen molar-refractivity contribution in [2.24, 2.45) is 0 Å². The molecule has 0 aliphatic heterocycles. The van der Waals surface area contributed by atoms with E-state index in [1.54, 1.807) is 6.07 Å². The molecular formula is C22H22B3ClN4O6. The van der Waals surface area contributed by atoms with Crippen molar-refractivity contribution in [2.45, 2.75) is 29.8 Å². The number of nitrogens with zero attached hydrogens (tertiary/aromatic N) is 1. The average Bonchev–Trinajstić information content (AvgIpc) is 3.27. The van der Waals surface area contributed by atoms with Gasteiger partial charge in [0.15, 0.2) is 19.3 Å². The normalized spacial score (nSPS) is 14.6. The summed E-state index contributed by atoms with van der Waals surface area (Å²) in [5, 5.41) is 51.4. The molecular weight excluding hydrogens is 484 g/mol. The fraction of sp³-hybridized carbons (Fsp3) is 0.273. The number of hydrogen-bond donors (Lipinski definition) is 8. The summed E-state index contributed by atoms with van der Waals surface area (Å²) < 4.78 is 0. The van der Waals surface area contributed by atoms with Crippen LogP contribution in [0.15, 0.2) is 48.8 Å². The zero-order chi connectivity index (χ0) is 26.9. The summed E-state index contributed by atoms with van der Waals surface area (Å²) >= 11 is 6.25. The maximum atomic E-state index is 12.8. The van der Waals surface area contributed by atoms with Gasteiger partial charge < -0.3 is 41.2 Å². The Balaban J connectivity index is 1.86. The lowest BCUT2D eigenvalue weighted by atomic mass is 9.54. The number of anilines is 1. The highest BCUT2D eigenvalue weighted by atomic mass is 35.5. The van der Waals surface area contributed by atoms with Gasteiger partial charge in [0.25, 0.3) is 5.91 Å². The number of rotatable bonds is 9. The fourth-order valence-electron chi connectivity index (χ4n) is 3.44. The van der Waals surface area contributed by atoms with E-state index in [1.165, 1.54) is 18.3 Å². The summed E-state index contributed by atoms with van der Waals surface area (Å²) in [5.41, 5.74) is -4.19. The van der Waals surface area contributed by atoms with E-state index < -0.39 is 28.8 Å². The number of aryl methyl sites for hydroxylation is 1. The molecule has 0 bridgehead atoms. The summed E-state index contributed by atoms with van der Waals surface area (Å²) in [4.78, 5) is 19.5. The van der Waals surface area contributed by atoms with Gasteiger partial charge in [-0.2, -0.15) is 0 Å². The number of carbonyl (C=O) groups excluding carboxylic acids is 1. The number of aliphatic hydroxyl groups excluding tert-OH is 1. The molecule has 36 heavy (non-hydrogen) atoms. The van der Waals surface area contributed by atoms with E-state index >= 15 is 0 Å². The number of nitrogens with one attached hydrogen (secondary N) is 3. The lowest BCUT2D eigenvalue weighted by molar-refractivity contribution is -0.235. The van der Waals surface area contributed by atoms with Gasteiger partial charge in [0, 0.05) is 28.9 Å². The average molecular weight is 506 g/mol. The van der Waals surface area contributed by atoms with Crippen LogP contribution in [0.4, 0.5) is 5.82 Å². The number of pyridine rings is 1. The van der Waals surface area contributed by atoms with Crippen molar-refractivity contribution in [3.63, 3.8) is 0 Å². The number of aliphatic hydroxyl groups is 5. The molecule has 3 rings (SSSR count). The number of aromatic amines is 1. The molecule has 14 heteroatoms. The van der Waals surface area contributed by atoms with Crippen molar-refractivity contribution in [3.05, 3.63) is 70.6 Å². The van der Waals surface area contributed by atoms with E-state index in [9.17, 15) is 30.3 Å². The van der Waals surface area contributed by atoms with Crippen molar-refractivity contribution >= 4 is 46.9 Å². The molecule has 2 heterocycles. The maximum absolute atomic E-state index is 12.8. The van der Waals surface area contributed by atoms with E-state index in [2.05, 4.69) is 20.6 Å². The topological polar surface area (TPSA) is 171 Å². The van der Waals surface area contributed by atoms with Crippen molar-refractivity contribution in [2.75, 3.05) is 11.9 Å². The van der Waals surface area contributed by atoms with Gasteiger partial charge >= 0.3 is 0 Å². The first-order valence-corrected chi connectivity index (χ1v) is 10.9. The lowest BCUT2D eigenvalue weighted by Gasteiger charge is -2.47. The smallest absolute Gasteiger partial charge is 0.268 e. The highest BCUT2D eigenvalue weighted by Crippen LogP contribution is 2.33. The van der Waals surface area contributed by atoms with Crippen molar-refractivity contribution in [3.8, 4) is 11.1 Å². The van der Waals surface area contributed by atoms with Gasteiger partial charge in [-0.25, -0.2) is 4.98 Å². The number of amides is 1. The monoisotopic (exact) mass is 506 g/mol. The Morgan fingerprint density at radius 2 is 1.86 bits per heavy atom. The van der Waals surface area contributed by atoms with Gasteiger partial charge in [-0.1, -0.05) is 41.4 Å². The maximum Gasteiger partial charge on any atom is 0.268 e. The van der Waals surface area contributed by atoms with Gasteiger partial charge in [0.1, 0.15) is 27.2 Å². The SMILES string of the molecule is [B]C([B])(O)C(O)(Nc1cc(-c2c[nH]c(C(=O)N[C@H](CO)c3cccc(C)c3)c2)c(Cl)cn1)C([B])(O)O. The molecule has 0 aliphatic rings. The third-order valence-electron chi connectivity index (χ3n) is 5.45. The third kappa shape index (κ3) is 5.78. The number of hydrogen-bond acceptors (Lipinski definition) is 8. The summed E-state index contributed by atoms with van der Waals surface area (Å²) in [7, 11) is 15.7. The van der Waals surface area contributed by atoms with Crippen LogP contribution in [0.1, 0.15) is 27.7 Å². The van der Waals surface area contributed by atoms with Crippen LogP contribution in [0.2, 0.25) is 5.02 Å². The van der Waals surface area contributed by atoms with Crippen LogP contribution in [0.25, 0.3) is 11.1 Å². The van der Waals surface area contributed by atoms with Crippen molar-refractivity contribution < 1.29 is 30.3 Å². The van der Waals surface area contributed by atoms with E-state index in [0.29, 0.717) is 11.1 Å². The van der Waals surface area contributed by atoms with Crippen LogP contribution in [-0.4, -0.2) is 88.4 Å². The second-order valence-corrected chi connectivity index (χ2v) is 8.77. The standard InChI is InChI=1S/C22H22B3ClN4O6/c1-11-3-2-4-12(5-11)17(10-31)29-19(32)16-6-13(8-27-16)14-7-18(28-9-15(14)26)30-20(33,21(23,24)34)22(25,35)36/h2-9,17,27,31,33-36H,10H2,1H3,(H,28,30)(H,29,32)/t17-,20?/m1/s1. The predicted molar refractivity (Wildman–Crippen MR) is 135 cm³/mol. The Bertz CT molecular complexity index is 1230. The highest BCUT2D eigenvalue weighted by Gasteiger charge is 2.53. The van der Waals surface area contributed by atoms with Gasteiger partial charge in [0.2, 0.25) is 0 Å². The zero-order valence-corrected chi connectivity index (χ0v) is 19.9. The summed E-state index contributed by atoms with van der Waals surface area (Å²) in [6.07, 6.45) is 2.63. The minimum Gasteiger partial charge on any atom is -0.404 e. The second kappa shape index (κ2) is 10.3. The predicted octanol–water partition coefficient (Wildman–Crippen LogP) is -0.608. The molecule has 0 fully saturated rings. The van der Waals surface area contributed by atoms with Crippen LogP contribution in [-0.2, 0) is 0 Å². The molecule has 0 saturated carbocycles. The van der Waals surface area contributed by atoms with Crippen LogP contribution in [0.3, 0.4) is 0 Å². The highest BCUT2D eigenvalue weighted by molar-refractivity contribution is 6.40. The second-order valence-electron chi connectivity index (χ2n) is 8.36. The summed E-state index contributed by atoms with van der Waals surface area (Å²) in [5.74, 6) is -0.749. The van der Waals surface area contributed by atoms with Crippen molar-refractivity contribution in [1.29, 1.82) is 0 Å². The Morgan fingerprint density at radius 1 is 1.17 bits per heavy atom. The van der Waals surface area contributed by atoms with Gasteiger partial charge in [-0.15, -0.1) is 0 Å². The molecule has 10 nitrogen and oxygen atoms in total. The zero-order valence-electron chi connectivity index (χ0n) is 19.1. The lowest BCUT2D eigenvalue weighted by Crippen LogP contribution is -2.73. The summed E-state index contributed by atoms with van der Waals surface area (Å²) in [6.45, 7) is 1.58. The molecule has 6 radical (unpaired) electrons. The minimum atomic E-state index is -3.49. The number of carbonyl (C=O) groups is 1. The number of aromatic nitrogens is 2. The Hall–Kier alpha value is -2.80. The number of halogens is 1. The molecule has 1 aromatic carbocycles. The quantitative estimate of drug-likeness (QED) is 0.140. The Labute approximate surface area is 216 Å². The number of H-pyrrole nitrogens is 1. The molecule has 3 aromatic rings. The van der Waals surface area contributed by atoms with Crippen LogP contribution in [0.5, 0.6) is 0 Å². The first-order valence-electron chi connectivity index (χ1n) is 10.5. The van der Waals surface area contributed by atoms with Crippen molar-refractivity contribution in [1.82, 2.24) is 15.3 Å². The van der Waals surface area contributed by atoms with Gasteiger partial charge in [0.05, 0.1) is 17.7 Å². The number of benzene rings is 1. The first kappa shape index (κ1) is 27.8. The Morgan fingerprint density at radius 3 is 2.44 bits per heavy atom. The molecule has 0 aliphatic carbocycles. The van der Waals surface area contributed by atoms with Gasteiger partial charge in [-0.3, -0.25) is 4.79 Å². The largest absolute Gasteiger partial charge is 0.404 e. The molecule has 1 unspecified atom stereocenters. The molecule has 182 valence electrons. The molecule has 2 atom stereocenters. The van der Waals surface area contributed by atoms with E-state index in [-0.39, 0.29) is 23.1 Å². The molecule has 2 aromatic heterocycles. The van der Waals surface area contributed by atoms with Crippen LogP contribution in [0, 0.1) is 6.92 Å². The Kier molecular flexibility index (Phi) is 7.94. The molecule has 0 spiro atoms. The molecule has 1 amide bonds. The van der Waals surface area contributed by atoms with Crippen LogP contribution < -0.4 is 10.6 Å². The molecule has 0 saturated heterocycles. The first-order chi connectivity index (χ1) is 16.7. The van der Waals surface area contributed by atoms with Crippen LogP contribution >= 0.6 is 11.6 Å². The minimum absolute atomic E-state index is 0.130. The molecule has 8 N–H and O–H groups in total. The summed E-state index contributed by atoms with van der Waals surface area (Å²) in [6, 6.07) is 9.47.